The van der Waals surface area contributed by atoms with Gasteiger partial charge in [0.25, 0.3) is 5.91 Å². The molecule has 1 rings (SSSR count). The first-order valence-corrected chi connectivity index (χ1v) is 5.27. The number of nitrogens with one attached hydrogen (secondary N) is 2. The average molecular weight is 264 g/mol. The minimum atomic E-state index is -0.698. The molecule has 1 fully saturated rings. The van der Waals surface area contributed by atoms with Crippen molar-refractivity contribution < 1.29 is 14.4 Å². The van der Waals surface area contributed by atoms with Crippen LogP contribution in [0.4, 0.5) is 0 Å². The second kappa shape index (κ2) is 6.56. The Kier molecular flexibility index (Phi) is 6.12. The molecular formula is C10H18ClN3O3. The summed E-state index contributed by atoms with van der Waals surface area (Å²) in [6.07, 6.45) is 0.0620. The van der Waals surface area contributed by atoms with Gasteiger partial charge in [-0.1, -0.05) is 0 Å². The van der Waals surface area contributed by atoms with Crippen molar-refractivity contribution in [3.8, 4) is 0 Å². The van der Waals surface area contributed by atoms with E-state index in [0.717, 1.165) is 0 Å². The Labute approximate surface area is 107 Å². The molecule has 0 saturated carbocycles. The maximum absolute atomic E-state index is 11.8. The fourth-order valence-corrected chi connectivity index (χ4v) is 1.71. The number of carbonyl (C=O) groups excluding carboxylic acids is 3. The van der Waals surface area contributed by atoms with Crippen molar-refractivity contribution in [1.29, 1.82) is 0 Å². The van der Waals surface area contributed by atoms with Crippen molar-refractivity contribution >= 4 is 30.1 Å². The molecule has 6 nitrogen and oxygen atoms in total. The number of carbonyl (C=O) groups is 3. The average Bonchev–Trinajstić information content (AvgIpc) is 2.42. The van der Waals surface area contributed by atoms with Crippen LogP contribution in [0.1, 0.15) is 20.3 Å². The lowest BCUT2D eigenvalue weighted by Gasteiger charge is -2.19. The smallest absolute Gasteiger partial charge is 0.252 e. The molecule has 1 aliphatic heterocycles. The fraction of sp³-hybridized carbons (Fsp3) is 0.700. The monoisotopic (exact) mass is 263 g/mol. The molecule has 17 heavy (non-hydrogen) atoms. The van der Waals surface area contributed by atoms with Gasteiger partial charge in [-0.2, -0.15) is 0 Å². The van der Waals surface area contributed by atoms with Crippen molar-refractivity contribution in [3.63, 3.8) is 0 Å². The predicted molar refractivity (Wildman–Crippen MR) is 64.7 cm³/mol. The van der Waals surface area contributed by atoms with Crippen LogP contribution >= 0.6 is 12.4 Å². The number of likely N-dealkylation sites (N-methyl/N-ethyl adjacent to an activating group) is 1. The van der Waals surface area contributed by atoms with Crippen LogP contribution in [0.3, 0.4) is 0 Å². The van der Waals surface area contributed by atoms with Gasteiger partial charge in [-0.15, -0.1) is 12.4 Å². The second-order valence-electron chi connectivity index (χ2n) is 4.05. The van der Waals surface area contributed by atoms with Crippen LogP contribution in [0.5, 0.6) is 0 Å². The van der Waals surface area contributed by atoms with Crippen molar-refractivity contribution in [2.24, 2.45) is 0 Å². The maximum atomic E-state index is 11.8. The van der Waals surface area contributed by atoms with E-state index in [0.29, 0.717) is 0 Å². The molecule has 1 heterocycles. The molecule has 1 unspecified atom stereocenters. The van der Waals surface area contributed by atoms with E-state index in [1.165, 1.54) is 4.90 Å². The zero-order valence-corrected chi connectivity index (χ0v) is 11.0. The first-order chi connectivity index (χ1) is 7.47. The second-order valence-corrected chi connectivity index (χ2v) is 4.05. The lowest BCUT2D eigenvalue weighted by molar-refractivity contribution is -0.141. The van der Waals surface area contributed by atoms with Gasteiger partial charge in [0.15, 0.2) is 0 Å². The van der Waals surface area contributed by atoms with Crippen LogP contribution in [-0.4, -0.2) is 48.3 Å². The molecule has 0 spiro atoms. The summed E-state index contributed by atoms with van der Waals surface area (Å²) in [7, 11) is 1.64. The molecule has 0 radical (unpaired) electrons. The van der Waals surface area contributed by atoms with Crippen LogP contribution in [0.2, 0.25) is 0 Å². The van der Waals surface area contributed by atoms with Crippen LogP contribution in [-0.2, 0) is 14.4 Å². The van der Waals surface area contributed by atoms with Gasteiger partial charge in [-0.3, -0.25) is 19.3 Å². The third-order valence-corrected chi connectivity index (χ3v) is 2.37. The molecule has 98 valence electrons. The molecule has 0 aromatic carbocycles. The molecule has 0 aromatic heterocycles. The van der Waals surface area contributed by atoms with Gasteiger partial charge in [0.1, 0.15) is 6.04 Å². The van der Waals surface area contributed by atoms with Gasteiger partial charge in [-0.25, -0.2) is 0 Å². The number of hydrogen-bond donors (Lipinski definition) is 2. The summed E-state index contributed by atoms with van der Waals surface area (Å²) in [5, 5.41) is 5.21. The summed E-state index contributed by atoms with van der Waals surface area (Å²) in [4.78, 5) is 35.8. The van der Waals surface area contributed by atoms with E-state index in [1.807, 2.05) is 0 Å². The number of likely N-dealkylation sites (tertiary alicyclic amines) is 1. The highest BCUT2D eigenvalue weighted by Crippen LogP contribution is 2.15. The van der Waals surface area contributed by atoms with Gasteiger partial charge in [0.05, 0.1) is 13.0 Å². The highest BCUT2D eigenvalue weighted by atomic mass is 35.5. The Bertz CT molecular complexity index is 320. The number of nitrogens with zero attached hydrogens (tertiary/aromatic N) is 1. The molecule has 1 saturated heterocycles. The van der Waals surface area contributed by atoms with Gasteiger partial charge in [0.2, 0.25) is 11.8 Å². The van der Waals surface area contributed by atoms with Crippen LogP contribution in [0.15, 0.2) is 0 Å². The lowest BCUT2D eigenvalue weighted by Crippen LogP contribution is -2.45. The minimum absolute atomic E-state index is 0. The molecule has 0 aliphatic carbocycles. The molecule has 1 atom stereocenters. The zero-order chi connectivity index (χ0) is 12.3. The van der Waals surface area contributed by atoms with Gasteiger partial charge < -0.3 is 10.6 Å². The number of imide groups is 1. The zero-order valence-electron chi connectivity index (χ0n) is 10.1. The van der Waals surface area contributed by atoms with Crippen LogP contribution < -0.4 is 10.6 Å². The molecular weight excluding hydrogens is 246 g/mol. The highest BCUT2D eigenvalue weighted by Gasteiger charge is 2.40. The summed E-state index contributed by atoms with van der Waals surface area (Å²) in [6, 6.07) is -0.859. The maximum Gasteiger partial charge on any atom is 0.252 e. The highest BCUT2D eigenvalue weighted by molar-refractivity contribution is 6.07. The molecule has 0 bridgehead atoms. The van der Waals surface area contributed by atoms with Crippen molar-refractivity contribution in [2.75, 3.05) is 13.6 Å². The quantitative estimate of drug-likeness (QED) is 0.656. The Morgan fingerprint density at radius 2 is 2.06 bits per heavy atom. The molecule has 7 heteroatoms. The lowest BCUT2D eigenvalue weighted by atomic mass is 10.2. The van der Waals surface area contributed by atoms with E-state index in [-0.39, 0.29) is 49.1 Å². The van der Waals surface area contributed by atoms with E-state index in [1.54, 1.807) is 20.9 Å². The van der Waals surface area contributed by atoms with Gasteiger partial charge >= 0.3 is 0 Å². The standard InChI is InChI=1S/C10H17N3O3.ClH/c1-6(2)13-9(15)4-7(10(13)16)12-8(14)5-11-3;/h6-7,11H,4-5H2,1-3H3,(H,12,14);1H. The van der Waals surface area contributed by atoms with Crippen molar-refractivity contribution in [3.05, 3.63) is 0 Å². The third kappa shape index (κ3) is 3.67. The minimum Gasteiger partial charge on any atom is -0.343 e. The summed E-state index contributed by atoms with van der Waals surface area (Å²) < 4.78 is 0. The number of hydrogen-bond acceptors (Lipinski definition) is 4. The summed E-state index contributed by atoms with van der Waals surface area (Å²) in [5.41, 5.74) is 0. The van der Waals surface area contributed by atoms with Crippen molar-refractivity contribution in [1.82, 2.24) is 15.5 Å². The molecule has 1 aliphatic rings. The van der Waals surface area contributed by atoms with Gasteiger partial charge in [0, 0.05) is 6.04 Å². The third-order valence-electron chi connectivity index (χ3n) is 2.37. The SMILES string of the molecule is CNCC(=O)NC1CC(=O)N(C(C)C)C1=O.Cl. The topological polar surface area (TPSA) is 78.5 Å². The Morgan fingerprint density at radius 3 is 2.47 bits per heavy atom. The largest absolute Gasteiger partial charge is 0.343 e. The molecule has 0 aromatic rings. The van der Waals surface area contributed by atoms with E-state index in [9.17, 15) is 14.4 Å². The Hall–Kier alpha value is -1.14. The first kappa shape index (κ1) is 15.9. The Morgan fingerprint density at radius 1 is 1.47 bits per heavy atom. The Balaban J connectivity index is 0.00000256. The van der Waals surface area contributed by atoms with E-state index in [4.69, 9.17) is 0 Å². The summed E-state index contributed by atoms with van der Waals surface area (Å²) >= 11 is 0. The summed E-state index contributed by atoms with van der Waals surface area (Å²) in [6.45, 7) is 3.68. The number of amides is 3. The van der Waals surface area contributed by atoms with Crippen molar-refractivity contribution in [2.45, 2.75) is 32.4 Å². The first-order valence-electron chi connectivity index (χ1n) is 5.27. The number of halogens is 1. The fourth-order valence-electron chi connectivity index (χ4n) is 1.71. The predicted octanol–water partition coefficient (Wildman–Crippen LogP) is -0.720. The van der Waals surface area contributed by atoms with Crippen LogP contribution in [0.25, 0.3) is 0 Å². The van der Waals surface area contributed by atoms with E-state index < -0.39 is 6.04 Å². The molecule has 2 N–H and O–H groups in total. The van der Waals surface area contributed by atoms with Gasteiger partial charge in [-0.05, 0) is 20.9 Å². The van der Waals surface area contributed by atoms with Crippen LogP contribution in [0, 0.1) is 0 Å². The number of rotatable bonds is 4. The molecule has 3 amide bonds. The summed E-state index contributed by atoms with van der Waals surface area (Å²) in [5.74, 6) is -0.821. The normalized spacial score (nSPS) is 19.5. The van der Waals surface area contributed by atoms with E-state index >= 15 is 0 Å². The van der Waals surface area contributed by atoms with E-state index in [2.05, 4.69) is 10.6 Å².